The molecule has 0 atom stereocenters. The molecule has 0 spiro atoms. The summed E-state index contributed by atoms with van der Waals surface area (Å²) in [5, 5.41) is 12.5. The van der Waals surface area contributed by atoms with Crippen LogP contribution in [-0.2, 0) is 17.8 Å². The van der Waals surface area contributed by atoms with Crippen LogP contribution in [0.15, 0.2) is 41.6 Å². The zero-order chi connectivity index (χ0) is 23.1. The molecule has 170 valence electrons. The van der Waals surface area contributed by atoms with Crippen molar-refractivity contribution in [2.75, 3.05) is 32.4 Å². The van der Waals surface area contributed by atoms with Gasteiger partial charge in [-0.25, -0.2) is 0 Å². The average Bonchev–Trinajstić information content (AvgIpc) is 3.20. The molecule has 2 aromatic carbocycles. The fraction of sp³-hybridized carbons (Fsp3) is 0.318. The molecular formula is C22H25ClN4O4S. The van der Waals surface area contributed by atoms with Gasteiger partial charge in [-0.1, -0.05) is 35.5 Å². The summed E-state index contributed by atoms with van der Waals surface area (Å²) in [5.41, 5.74) is 1.59. The summed E-state index contributed by atoms with van der Waals surface area (Å²) in [5.74, 6) is 2.50. The van der Waals surface area contributed by atoms with E-state index in [1.807, 2.05) is 35.8 Å². The molecule has 0 saturated heterocycles. The van der Waals surface area contributed by atoms with E-state index in [0.29, 0.717) is 40.3 Å². The van der Waals surface area contributed by atoms with E-state index in [0.717, 1.165) is 17.1 Å². The standard InChI is InChI=1S/C22H25ClN4O4S/c1-5-27-20(10-14-6-8-15(29-2)9-7-14)25-26-22(27)32-13-21(28)24-17-12-18(30-3)16(23)11-19(17)31-4/h6-9,11-12H,5,10,13H2,1-4H3,(H,24,28). The highest BCUT2D eigenvalue weighted by molar-refractivity contribution is 7.99. The van der Waals surface area contributed by atoms with Gasteiger partial charge in [-0.05, 0) is 24.6 Å². The van der Waals surface area contributed by atoms with Gasteiger partial charge in [0, 0.05) is 25.1 Å². The molecule has 10 heteroatoms. The monoisotopic (exact) mass is 476 g/mol. The Morgan fingerprint density at radius 1 is 1.06 bits per heavy atom. The third kappa shape index (κ3) is 5.66. The molecule has 1 aromatic heterocycles. The summed E-state index contributed by atoms with van der Waals surface area (Å²) < 4.78 is 17.7. The number of benzene rings is 2. The van der Waals surface area contributed by atoms with Crippen molar-refractivity contribution >= 4 is 35.0 Å². The first-order valence-electron chi connectivity index (χ1n) is 9.88. The molecule has 1 N–H and O–H groups in total. The number of thioether (sulfide) groups is 1. The van der Waals surface area contributed by atoms with Crippen molar-refractivity contribution < 1.29 is 19.0 Å². The Kier molecular flexibility index (Phi) is 8.24. The van der Waals surface area contributed by atoms with E-state index in [9.17, 15) is 4.79 Å². The third-order valence-electron chi connectivity index (χ3n) is 4.71. The molecule has 1 heterocycles. The quantitative estimate of drug-likeness (QED) is 0.436. The third-order valence-corrected chi connectivity index (χ3v) is 5.97. The average molecular weight is 477 g/mol. The molecule has 0 unspecified atom stereocenters. The van der Waals surface area contributed by atoms with Crippen molar-refractivity contribution in [1.82, 2.24) is 14.8 Å². The summed E-state index contributed by atoms with van der Waals surface area (Å²) in [4.78, 5) is 12.6. The highest BCUT2D eigenvalue weighted by atomic mass is 35.5. The zero-order valence-corrected chi connectivity index (χ0v) is 19.9. The highest BCUT2D eigenvalue weighted by Crippen LogP contribution is 2.36. The second-order valence-corrected chi connectivity index (χ2v) is 8.04. The van der Waals surface area contributed by atoms with E-state index < -0.39 is 0 Å². The SMILES string of the molecule is CCn1c(Cc2ccc(OC)cc2)nnc1SCC(=O)Nc1cc(OC)c(Cl)cc1OC. The van der Waals surface area contributed by atoms with Crippen LogP contribution in [0.4, 0.5) is 5.69 Å². The Morgan fingerprint density at radius 3 is 2.41 bits per heavy atom. The number of nitrogens with zero attached hydrogens (tertiary/aromatic N) is 3. The normalized spacial score (nSPS) is 10.7. The highest BCUT2D eigenvalue weighted by Gasteiger charge is 2.16. The number of ether oxygens (including phenoxy) is 3. The van der Waals surface area contributed by atoms with Crippen LogP contribution in [-0.4, -0.2) is 47.8 Å². The Hall–Kier alpha value is -2.91. The maximum atomic E-state index is 12.6. The first kappa shape index (κ1) is 23.7. The van der Waals surface area contributed by atoms with Crippen molar-refractivity contribution in [3.8, 4) is 17.2 Å². The van der Waals surface area contributed by atoms with Crippen molar-refractivity contribution in [3.05, 3.63) is 52.8 Å². The van der Waals surface area contributed by atoms with Gasteiger partial charge >= 0.3 is 0 Å². The Balaban J connectivity index is 1.66. The molecule has 0 radical (unpaired) electrons. The molecule has 8 nitrogen and oxygen atoms in total. The van der Waals surface area contributed by atoms with Gasteiger partial charge in [0.25, 0.3) is 0 Å². The number of hydrogen-bond donors (Lipinski definition) is 1. The van der Waals surface area contributed by atoms with Gasteiger partial charge < -0.3 is 24.1 Å². The summed E-state index contributed by atoms with van der Waals surface area (Å²) in [6.45, 7) is 2.72. The minimum Gasteiger partial charge on any atom is -0.497 e. The molecular weight excluding hydrogens is 452 g/mol. The molecule has 0 fully saturated rings. The van der Waals surface area contributed by atoms with E-state index in [1.54, 1.807) is 19.2 Å². The number of anilines is 1. The van der Waals surface area contributed by atoms with Crippen LogP contribution in [0.1, 0.15) is 18.3 Å². The van der Waals surface area contributed by atoms with Gasteiger partial charge in [-0.15, -0.1) is 10.2 Å². The lowest BCUT2D eigenvalue weighted by Gasteiger charge is -2.13. The summed E-state index contributed by atoms with van der Waals surface area (Å²) >= 11 is 7.44. The lowest BCUT2D eigenvalue weighted by molar-refractivity contribution is -0.113. The van der Waals surface area contributed by atoms with Gasteiger partial charge in [-0.3, -0.25) is 4.79 Å². The van der Waals surface area contributed by atoms with Crippen molar-refractivity contribution in [1.29, 1.82) is 0 Å². The number of carbonyl (C=O) groups excluding carboxylic acids is 1. The van der Waals surface area contributed by atoms with Crippen LogP contribution in [0.25, 0.3) is 0 Å². The number of carbonyl (C=O) groups is 1. The lowest BCUT2D eigenvalue weighted by atomic mass is 10.1. The predicted molar refractivity (Wildman–Crippen MR) is 125 cm³/mol. The minimum atomic E-state index is -0.208. The van der Waals surface area contributed by atoms with E-state index in [1.165, 1.54) is 26.0 Å². The first-order chi connectivity index (χ1) is 15.5. The van der Waals surface area contributed by atoms with Crippen molar-refractivity contribution in [2.45, 2.75) is 25.0 Å². The van der Waals surface area contributed by atoms with E-state index >= 15 is 0 Å². The van der Waals surface area contributed by atoms with Crippen molar-refractivity contribution in [2.24, 2.45) is 0 Å². The zero-order valence-electron chi connectivity index (χ0n) is 18.3. The predicted octanol–water partition coefficient (Wildman–Crippen LogP) is 4.30. The molecule has 0 aliphatic carbocycles. The van der Waals surface area contributed by atoms with Crippen LogP contribution in [0, 0.1) is 0 Å². The minimum absolute atomic E-state index is 0.161. The maximum absolute atomic E-state index is 12.6. The molecule has 0 aliphatic rings. The molecule has 0 saturated carbocycles. The van der Waals surface area contributed by atoms with Gasteiger partial charge in [0.2, 0.25) is 5.91 Å². The fourth-order valence-electron chi connectivity index (χ4n) is 3.07. The fourth-order valence-corrected chi connectivity index (χ4v) is 4.13. The molecule has 32 heavy (non-hydrogen) atoms. The molecule has 0 bridgehead atoms. The Morgan fingerprint density at radius 2 is 1.78 bits per heavy atom. The summed E-state index contributed by atoms with van der Waals surface area (Å²) in [6, 6.07) is 11.1. The van der Waals surface area contributed by atoms with E-state index in [-0.39, 0.29) is 11.7 Å². The molecule has 1 amide bonds. The molecule has 3 rings (SSSR count). The maximum Gasteiger partial charge on any atom is 0.234 e. The van der Waals surface area contributed by atoms with Gasteiger partial charge in [0.15, 0.2) is 5.16 Å². The molecule has 3 aromatic rings. The smallest absolute Gasteiger partial charge is 0.234 e. The molecule has 0 aliphatic heterocycles. The summed E-state index contributed by atoms with van der Waals surface area (Å²) in [6.07, 6.45) is 0.638. The number of methoxy groups -OCH3 is 3. The number of nitrogens with one attached hydrogen (secondary N) is 1. The van der Waals surface area contributed by atoms with Gasteiger partial charge in [0.05, 0.1) is 37.8 Å². The number of halogens is 1. The van der Waals surface area contributed by atoms with Gasteiger partial charge in [0.1, 0.15) is 23.1 Å². The second kappa shape index (κ2) is 11.1. The first-order valence-corrected chi connectivity index (χ1v) is 11.2. The number of amides is 1. The van der Waals surface area contributed by atoms with Gasteiger partial charge in [-0.2, -0.15) is 0 Å². The largest absolute Gasteiger partial charge is 0.497 e. The Bertz CT molecular complexity index is 1070. The van der Waals surface area contributed by atoms with Crippen LogP contribution >= 0.6 is 23.4 Å². The number of hydrogen-bond acceptors (Lipinski definition) is 7. The number of aromatic nitrogens is 3. The van der Waals surface area contributed by atoms with Crippen LogP contribution in [0.5, 0.6) is 17.2 Å². The van der Waals surface area contributed by atoms with Crippen LogP contribution in [0.3, 0.4) is 0 Å². The lowest BCUT2D eigenvalue weighted by Crippen LogP contribution is -2.15. The van der Waals surface area contributed by atoms with E-state index in [4.69, 9.17) is 25.8 Å². The van der Waals surface area contributed by atoms with Crippen LogP contribution in [0.2, 0.25) is 5.02 Å². The van der Waals surface area contributed by atoms with Crippen molar-refractivity contribution in [3.63, 3.8) is 0 Å². The Labute approximate surface area is 196 Å². The van der Waals surface area contributed by atoms with E-state index in [2.05, 4.69) is 15.5 Å². The topological polar surface area (TPSA) is 87.5 Å². The second-order valence-electron chi connectivity index (χ2n) is 6.69. The van der Waals surface area contributed by atoms with Crippen LogP contribution < -0.4 is 19.5 Å². The summed E-state index contributed by atoms with van der Waals surface area (Å²) in [7, 11) is 4.66. The number of rotatable bonds is 10.